The summed E-state index contributed by atoms with van der Waals surface area (Å²) in [5.41, 5.74) is 3.94. The third-order valence-electron chi connectivity index (χ3n) is 3.07. The quantitative estimate of drug-likeness (QED) is 0.627. The molecule has 0 heterocycles. The molecule has 3 N–H and O–H groups in total. The number of methoxy groups -OCH3 is 1. The van der Waals surface area contributed by atoms with Crippen LogP contribution < -0.4 is 11.3 Å². The Hall–Kier alpha value is -0.420. The van der Waals surface area contributed by atoms with E-state index in [1.54, 1.807) is 7.11 Å². The molecule has 0 aromatic heterocycles. The first kappa shape index (κ1) is 14.6. The summed E-state index contributed by atoms with van der Waals surface area (Å²) in [7, 11) is 1.74. The molecule has 0 radical (unpaired) electrons. The molecular formula is C13H21BrN2O. The van der Waals surface area contributed by atoms with Crippen molar-refractivity contribution in [2.75, 3.05) is 7.11 Å². The monoisotopic (exact) mass is 300 g/mol. The van der Waals surface area contributed by atoms with E-state index in [2.05, 4.69) is 41.3 Å². The molecule has 0 spiro atoms. The Balaban J connectivity index is 2.70. The molecule has 1 rings (SSSR count). The minimum Gasteiger partial charge on any atom is -0.379 e. The van der Waals surface area contributed by atoms with Crippen LogP contribution in [-0.2, 0) is 4.74 Å². The number of nitrogens with two attached hydrogens (primary N) is 1. The summed E-state index contributed by atoms with van der Waals surface area (Å²) < 4.78 is 6.50. The molecule has 0 aliphatic heterocycles. The molecule has 4 heteroatoms. The molecule has 0 aliphatic carbocycles. The molecule has 0 amide bonds. The van der Waals surface area contributed by atoms with E-state index in [9.17, 15) is 0 Å². The summed E-state index contributed by atoms with van der Waals surface area (Å²) in [6, 6.07) is 8.27. The predicted octanol–water partition coefficient (Wildman–Crippen LogP) is 3.16. The number of nitrogens with one attached hydrogen (secondary N) is 1. The van der Waals surface area contributed by atoms with Gasteiger partial charge < -0.3 is 4.74 Å². The first-order valence-corrected chi connectivity index (χ1v) is 6.55. The van der Waals surface area contributed by atoms with E-state index >= 15 is 0 Å². The lowest BCUT2D eigenvalue weighted by molar-refractivity contribution is 0.0116. The highest BCUT2D eigenvalue weighted by Gasteiger charge is 2.20. The number of ether oxygens (including phenoxy) is 1. The van der Waals surface area contributed by atoms with Crippen molar-refractivity contribution >= 4 is 15.9 Å². The van der Waals surface area contributed by atoms with Gasteiger partial charge in [0, 0.05) is 17.6 Å². The van der Waals surface area contributed by atoms with E-state index in [1.807, 2.05) is 18.2 Å². The van der Waals surface area contributed by atoms with Crippen molar-refractivity contribution < 1.29 is 4.74 Å². The topological polar surface area (TPSA) is 47.3 Å². The van der Waals surface area contributed by atoms with Gasteiger partial charge in [-0.05, 0) is 38.3 Å². The zero-order valence-corrected chi connectivity index (χ0v) is 12.3. The number of hydrogen-bond donors (Lipinski definition) is 2. The molecule has 0 saturated heterocycles. The molecular weight excluding hydrogens is 280 g/mol. The summed E-state index contributed by atoms with van der Waals surface area (Å²) >= 11 is 3.55. The Morgan fingerprint density at radius 2 is 2.06 bits per heavy atom. The Kier molecular flexibility index (Phi) is 5.59. The average molecular weight is 301 g/mol. The van der Waals surface area contributed by atoms with E-state index in [4.69, 9.17) is 10.6 Å². The van der Waals surface area contributed by atoms with E-state index in [0.29, 0.717) is 0 Å². The summed E-state index contributed by atoms with van der Waals surface area (Å²) in [5, 5.41) is 0. The van der Waals surface area contributed by atoms with E-state index in [0.717, 1.165) is 17.3 Å². The highest BCUT2D eigenvalue weighted by atomic mass is 79.9. The van der Waals surface area contributed by atoms with Gasteiger partial charge in [-0.1, -0.05) is 34.1 Å². The van der Waals surface area contributed by atoms with Crippen LogP contribution in [0.25, 0.3) is 0 Å². The Morgan fingerprint density at radius 1 is 1.41 bits per heavy atom. The maximum Gasteiger partial charge on any atom is 0.0623 e. The number of hydrazine groups is 1. The van der Waals surface area contributed by atoms with Gasteiger partial charge in [0.15, 0.2) is 0 Å². The number of benzene rings is 1. The normalized spacial score (nSPS) is 13.7. The van der Waals surface area contributed by atoms with Crippen LogP contribution in [-0.4, -0.2) is 12.7 Å². The van der Waals surface area contributed by atoms with Gasteiger partial charge in [0.1, 0.15) is 0 Å². The molecule has 1 unspecified atom stereocenters. The number of hydrogen-bond acceptors (Lipinski definition) is 3. The molecule has 96 valence electrons. The van der Waals surface area contributed by atoms with Gasteiger partial charge in [-0.15, -0.1) is 0 Å². The van der Waals surface area contributed by atoms with Gasteiger partial charge in [0.05, 0.1) is 5.60 Å². The Labute approximate surface area is 112 Å². The summed E-state index contributed by atoms with van der Waals surface area (Å²) in [5.74, 6) is 5.63. The van der Waals surface area contributed by atoms with Crippen molar-refractivity contribution in [2.24, 2.45) is 5.84 Å². The first-order valence-electron chi connectivity index (χ1n) is 5.76. The maximum atomic E-state index is 5.63. The van der Waals surface area contributed by atoms with Crippen molar-refractivity contribution in [3.8, 4) is 0 Å². The van der Waals surface area contributed by atoms with Crippen LogP contribution in [0.2, 0.25) is 0 Å². The minimum absolute atomic E-state index is 0.115. The van der Waals surface area contributed by atoms with E-state index < -0.39 is 0 Å². The van der Waals surface area contributed by atoms with Gasteiger partial charge in [-0.3, -0.25) is 11.3 Å². The van der Waals surface area contributed by atoms with Crippen LogP contribution in [0.4, 0.5) is 0 Å². The van der Waals surface area contributed by atoms with E-state index in [-0.39, 0.29) is 11.6 Å². The van der Waals surface area contributed by atoms with Gasteiger partial charge in [-0.25, -0.2) is 0 Å². The fourth-order valence-electron chi connectivity index (χ4n) is 1.68. The third-order valence-corrected chi connectivity index (χ3v) is 3.79. The van der Waals surface area contributed by atoms with Crippen LogP contribution in [0.15, 0.2) is 28.7 Å². The molecule has 1 atom stereocenters. The standard InChI is InChI=1S/C13H21BrN2O/c1-13(2,17-3)9-8-12(16-15)10-6-4-5-7-11(10)14/h4-7,12,16H,8-9,15H2,1-3H3. The molecule has 1 aromatic rings. The van der Waals surface area contributed by atoms with Gasteiger partial charge >= 0.3 is 0 Å². The van der Waals surface area contributed by atoms with Crippen molar-refractivity contribution in [3.05, 3.63) is 34.3 Å². The van der Waals surface area contributed by atoms with Crippen LogP contribution in [0, 0.1) is 0 Å². The minimum atomic E-state index is -0.115. The largest absolute Gasteiger partial charge is 0.379 e. The van der Waals surface area contributed by atoms with Gasteiger partial charge in [-0.2, -0.15) is 0 Å². The first-order chi connectivity index (χ1) is 8.00. The molecule has 0 fully saturated rings. The highest BCUT2D eigenvalue weighted by molar-refractivity contribution is 9.10. The van der Waals surface area contributed by atoms with Crippen LogP contribution >= 0.6 is 15.9 Å². The lowest BCUT2D eigenvalue weighted by Crippen LogP contribution is -2.31. The van der Waals surface area contributed by atoms with Gasteiger partial charge in [0.25, 0.3) is 0 Å². The molecule has 3 nitrogen and oxygen atoms in total. The number of halogens is 1. The maximum absolute atomic E-state index is 5.63. The second-order valence-electron chi connectivity index (χ2n) is 4.74. The fourth-order valence-corrected chi connectivity index (χ4v) is 2.24. The van der Waals surface area contributed by atoms with Crippen molar-refractivity contribution in [1.82, 2.24) is 5.43 Å². The lowest BCUT2D eigenvalue weighted by atomic mass is 9.95. The second kappa shape index (κ2) is 6.50. The highest BCUT2D eigenvalue weighted by Crippen LogP contribution is 2.28. The van der Waals surface area contributed by atoms with Crippen LogP contribution in [0.3, 0.4) is 0 Å². The number of rotatable bonds is 6. The zero-order chi connectivity index (χ0) is 12.9. The predicted molar refractivity (Wildman–Crippen MR) is 74.5 cm³/mol. The zero-order valence-electron chi connectivity index (χ0n) is 10.7. The SMILES string of the molecule is COC(C)(C)CCC(NN)c1ccccc1Br. The molecule has 0 aliphatic rings. The summed E-state index contributed by atoms with van der Waals surface area (Å²) in [4.78, 5) is 0. The van der Waals surface area contributed by atoms with Crippen molar-refractivity contribution in [1.29, 1.82) is 0 Å². The molecule has 0 saturated carbocycles. The molecule has 17 heavy (non-hydrogen) atoms. The van der Waals surface area contributed by atoms with Crippen LogP contribution in [0.5, 0.6) is 0 Å². The summed E-state index contributed by atoms with van der Waals surface area (Å²) in [6.45, 7) is 4.17. The third kappa shape index (κ3) is 4.39. The van der Waals surface area contributed by atoms with Crippen molar-refractivity contribution in [2.45, 2.75) is 38.3 Å². The van der Waals surface area contributed by atoms with E-state index in [1.165, 1.54) is 5.56 Å². The average Bonchev–Trinajstić information content (AvgIpc) is 2.32. The van der Waals surface area contributed by atoms with Crippen LogP contribution in [0.1, 0.15) is 38.3 Å². The Bertz CT molecular complexity index is 355. The lowest BCUT2D eigenvalue weighted by Gasteiger charge is -2.26. The summed E-state index contributed by atoms with van der Waals surface area (Å²) in [6.07, 6.45) is 1.87. The Morgan fingerprint density at radius 3 is 2.59 bits per heavy atom. The van der Waals surface area contributed by atoms with Crippen molar-refractivity contribution in [3.63, 3.8) is 0 Å². The molecule has 1 aromatic carbocycles. The smallest absolute Gasteiger partial charge is 0.0623 e. The van der Waals surface area contributed by atoms with Gasteiger partial charge in [0.2, 0.25) is 0 Å². The second-order valence-corrected chi connectivity index (χ2v) is 5.60. The fraction of sp³-hybridized carbons (Fsp3) is 0.538. The molecule has 0 bridgehead atoms.